The minimum Gasteiger partial charge on any atom is -0.166 e. The van der Waals surface area contributed by atoms with Crippen LogP contribution < -0.4 is 0 Å². The van der Waals surface area contributed by atoms with Crippen molar-refractivity contribution in [1.29, 1.82) is 0 Å². The van der Waals surface area contributed by atoms with Gasteiger partial charge in [-0.1, -0.05) is 48.5 Å². The van der Waals surface area contributed by atoms with Gasteiger partial charge in [-0.2, -0.15) is 13.2 Å². The van der Waals surface area contributed by atoms with Gasteiger partial charge in [0.15, 0.2) is 0 Å². The molecule has 90 valence electrons. The predicted molar refractivity (Wildman–Crippen MR) is 65.1 cm³/mol. The predicted octanol–water partition coefficient (Wildman–Crippen LogP) is 4.68. The van der Waals surface area contributed by atoms with Gasteiger partial charge in [0.25, 0.3) is 0 Å². The summed E-state index contributed by atoms with van der Waals surface area (Å²) < 4.78 is 35.4. The fourth-order valence-electron chi connectivity index (χ4n) is 1.06. The maximum atomic E-state index is 11.8. The molecule has 0 radical (unpaired) electrons. The Balaban J connectivity index is 0.000000181. The molecule has 0 aliphatic heterocycles. The number of rotatable bonds is 0. The molecule has 0 saturated carbocycles. The zero-order valence-corrected chi connectivity index (χ0v) is 9.75. The molecular formula is C13H11F3S. The van der Waals surface area contributed by atoms with E-state index in [4.69, 9.17) is 0 Å². The summed E-state index contributed by atoms with van der Waals surface area (Å²) in [6, 6.07) is 16.2. The Labute approximate surface area is 104 Å². The molecule has 0 aromatic heterocycles. The molecule has 0 amide bonds. The van der Waals surface area contributed by atoms with E-state index in [2.05, 4.69) is 12.6 Å². The van der Waals surface area contributed by atoms with Gasteiger partial charge in [-0.3, -0.25) is 0 Å². The first kappa shape index (κ1) is 13.6. The molecule has 2 aromatic carbocycles. The van der Waals surface area contributed by atoms with Crippen molar-refractivity contribution in [3.05, 3.63) is 66.2 Å². The first-order valence-electron chi connectivity index (χ1n) is 4.86. The Hall–Kier alpha value is -1.42. The van der Waals surface area contributed by atoms with Crippen LogP contribution in [-0.4, -0.2) is 0 Å². The highest BCUT2D eigenvalue weighted by Crippen LogP contribution is 2.28. The van der Waals surface area contributed by atoms with Crippen molar-refractivity contribution in [1.82, 2.24) is 0 Å². The molecule has 2 rings (SSSR count). The van der Waals surface area contributed by atoms with Crippen LogP contribution in [0.2, 0.25) is 0 Å². The normalized spacial score (nSPS) is 10.4. The van der Waals surface area contributed by atoms with E-state index in [1.165, 1.54) is 12.1 Å². The van der Waals surface area contributed by atoms with Crippen molar-refractivity contribution in [2.24, 2.45) is 0 Å². The van der Waals surface area contributed by atoms with Crippen LogP contribution in [-0.2, 0) is 6.18 Å². The smallest absolute Gasteiger partial charge is 0.166 e. The zero-order valence-electron chi connectivity index (χ0n) is 8.85. The van der Waals surface area contributed by atoms with Crippen molar-refractivity contribution < 1.29 is 13.2 Å². The molecule has 2 aromatic rings. The molecule has 0 heterocycles. The third kappa shape index (κ3) is 5.45. The summed E-state index contributed by atoms with van der Waals surface area (Å²) >= 11 is 4.08. The molecule has 0 spiro atoms. The second-order valence-corrected chi connectivity index (χ2v) is 3.72. The molecule has 0 saturated heterocycles. The third-order valence-corrected chi connectivity index (χ3v) is 2.16. The van der Waals surface area contributed by atoms with Crippen LogP contribution in [0.15, 0.2) is 65.6 Å². The van der Waals surface area contributed by atoms with Gasteiger partial charge in [0.05, 0.1) is 5.56 Å². The molecule has 0 aliphatic rings. The Morgan fingerprint density at radius 2 is 1.12 bits per heavy atom. The van der Waals surface area contributed by atoms with E-state index >= 15 is 0 Å². The van der Waals surface area contributed by atoms with E-state index < -0.39 is 11.7 Å². The zero-order chi connectivity index (χ0) is 12.7. The van der Waals surface area contributed by atoms with Crippen molar-refractivity contribution in [3.8, 4) is 0 Å². The quantitative estimate of drug-likeness (QED) is 0.650. The van der Waals surface area contributed by atoms with Gasteiger partial charge in [-0.15, -0.1) is 12.6 Å². The lowest BCUT2D eigenvalue weighted by Crippen LogP contribution is -2.03. The lowest BCUT2D eigenvalue weighted by molar-refractivity contribution is -0.137. The first-order valence-corrected chi connectivity index (χ1v) is 5.31. The summed E-state index contributed by atoms with van der Waals surface area (Å²) in [5, 5.41) is 0. The minimum atomic E-state index is -4.21. The van der Waals surface area contributed by atoms with Crippen molar-refractivity contribution >= 4 is 12.6 Å². The molecule has 0 aliphatic carbocycles. The summed E-state index contributed by atoms with van der Waals surface area (Å²) in [6.45, 7) is 0. The van der Waals surface area contributed by atoms with Crippen molar-refractivity contribution in [3.63, 3.8) is 0 Å². The monoisotopic (exact) mass is 256 g/mol. The minimum absolute atomic E-state index is 0.602. The number of benzene rings is 2. The number of alkyl halides is 3. The van der Waals surface area contributed by atoms with Crippen LogP contribution in [0.5, 0.6) is 0 Å². The molecule has 0 bridgehead atoms. The summed E-state index contributed by atoms with van der Waals surface area (Å²) in [7, 11) is 0. The lowest BCUT2D eigenvalue weighted by atomic mass is 10.2. The van der Waals surface area contributed by atoms with Gasteiger partial charge in [-0.05, 0) is 12.1 Å². The van der Waals surface area contributed by atoms with Gasteiger partial charge in [0, 0.05) is 4.90 Å². The number of hydrogen-bond donors (Lipinski definition) is 1. The summed E-state index contributed by atoms with van der Waals surface area (Å²) in [6.07, 6.45) is -4.21. The number of halogens is 3. The van der Waals surface area contributed by atoms with Crippen molar-refractivity contribution in [2.45, 2.75) is 11.1 Å². The van der Waals surface area contributed by atoms with Crippen LogP contribution in [0.3, 0.4) is 0 Å². The molecule has 17 heavy (non-hydrogen) atoms. The second-order valence-electron chi connectivity index (χ2n) is 3.20. The Morgan fingerprint density at radius 3 is 1.35 bits per heavy atom. The summed E-state index contributed by atoms with van der Waals surface area (Å²) in [5.74, 6) is 0. The van der Waals surface area contributed by atoms with Crippen LogP contribution in [0.1, 0.15) is 5.56 Å². The summed E-state index contributed by atoms with van der Waals surface area (Å²) in [5.41, 5.74) is -0.602. The van der Waals surface area contributed by atoms with E-state index in [0.717, 1.165) is 17.0 Å². The maximum absolute atomic E-state index is 11.8. The molecule has 0 unspecified atom stereocenters. The lowest BCUT2D eigenvalue weighted by Gasteiger charge is -2.03. The third-order valence-electron chi connectivity index (χ3n) is 1.86. The molecule has 0 atom stereocenters. The molecule has 4 heteroatoms. The highest BCUT2D eigenvalue weighted by Gasteiger charge is 2.29. The molecule has 0 fully saturated rings. The van der Waals surface area contributed by atoms with E-state index in [1.54, 1.807) is 6.07 Å². The van der Waals surface area contributed by atoms with Crippen LogP contribution in [0, 0.1) is 0 Å². The van der Waals surface area contributed by atoms with E-state index in [1.807, 2.05) is 30.3 Å². The summed E-state index contributed by atoms with van der Waals surface area (Å²) in [4.78, 5) is 1.02. The van der Waals surface area contributed by atoms with Crippen LogP contribution >= 0.6 is 12.6 Å². The Bertz CT molecular complexity index is 423. The van der Waals surface area contributed by atoms with Crippen molar-refractivity contribution in [2.75, 3.05) is 0 Å². The highest BCUT2D eigenvalue weighted by atomic mass is 32.1. The number of thiol groups is 1. The number of hydrogen-bond acceptors (Lipinski definition) is 1. The Morgan fingerprint density at radius 1 is 0.706 bits per heavy atom. The maximum Gasteiger partial charge on any atom is 0.416 e. The Kier molecular flexibility index (Phi) is 5.10. The largest absolute Gasteiger partial charge is 0.416 e. The first-order chi connectivity index (χ1) is 8.00. The fraction of sp³-hybridized carbons (Fsp3) is 0.0769. The van der Waals surface area contributed by atoms with Crippen LogP contribution in [0.25, 0.3) is 0 Å². The van der Waals surface area contributed by atoms with Gasteiger partial charge < -0.3 is 0 Å². The van der Waals surface area contributed by atoms with E-state index in [9.17, 15) is 13.2 Å². The van der Waals surface area contributed by atoms with Gasteiger partial charge >= 0.3 is 6.18 Å². The van der Waals surface area contributed by atoms with Gasteiger partial charge in [0.2, 0.25) is 0 Å². The van der Waals surface area contributed by atoms with Crippen LogP contribution in [0.4, 0.5) is 13.2 Å². The van der Waals surface area contributed by atoms with E-state index in [-0.39, 0.29) is 0 Å². The second kappa shape index (κ2) is 6.35. The SMILES string of the molecule is FC(F)(F)c1ccccc1.Sc1ccccc1. The van der Waals surface area contributed by atoms with Gasteiger partial charge in [-0.25, -0.2) is 0 Å². The molecular weight excluding hydrogens is 245 g/mol. The average Bonchev–Trinajstić information content (AvgIpc) is 2.31. The van der Waals surface area contributed by atoms with E-state index in [0.29, 0.717) is 0 Å². The molecule has 0 N–H and O–H groups in total. The average molecular weight is 256 g/mol. The highest BCUT2D eigenvalue weighted by molar-refractivity contribution is 7.80. The standard InChI is InChI=1S/C7H5F3.C6H6S/c8-7(9,10)6-4-2-1-3-5-6;7-6-4-2-1-3-5-6/h1-5H;1-5,7H. The van der Waals surface area contributed by atoms with Gasteiger partial charge in [0.1, 0.15) is 0 Å². The topological polar surface area (TPSA) is 0 Å². The molecule has 0 nitrogen and oxygen atoms in total. The fourth-order valence-corrected chi connectivity index (χ4v) is 1.23.